The van der Waals surface area contributed by atoms with E-state index in [2.05, 4.69) is 9.47 Å². The summed E-state index contributed by atoms with van der Waals surface area (Å²) in [5, 5.41) is 0. The lowest BCUT2D eigenvalue weighted by Crippen LogP contribution is -2.45. The van der Waals surface area contributed by atoms with Crippen LogP contribution in [0.25, 0.3) is 0 Å². The second-order valence-electron chi connectivity index (χ2n) is 3.03. The quantitative estimate of drug-likeness (QED) is 0.658. The smallest absolute Gasteiger partial charge is 0.296 e. The predicted molar refractivity (Wildman–Crippen MR) is 31.4 cm³/mol. The largest absolute Gasteiger partial charge is 0.443 e. The van der Waals surface area contributed by atoms with Crippen molar-refractivity contribution in [1.82, 2.24) is 0 Å². The van der Waals surface area contributed by atoms with Crippen LogP contribution in [0.15, 0.2) is 0 Å². The van der Waals surface area contributed by atoms with Crippen LogP contribution in [0.3, 0.4) is 0 Å². The summed E-state index contributed by atoms with van der Waals surface area (Å²) in [5.74, 6) is -8.28. The van der Waals surface area contributed by atoms with Gasteiger partial charge in [0.2, 0.25) is 0 Å². The molecule has 15 heavy (non-hydrogen) atoms. The monoisotopic (exact) mass is 242 g/mol. The molecule has 0 aromatic carbocycles. The molecule has 2 atom stereocenters. The van der Waals surface area contributed by atoms with E-state index < -0.39 is 30.6 Å². The second-order valence-corrected chi connectivity index (χ2v) is 3.03. The van der Waals surface area contributed by atoms with Crippen molar-refractivity contribution >= 4 is 0 Å². The fourth-order valence-electron chi connectivity index (χ4n) is 0.931. The third-order valence-electron chi connectivity index (χ3n) is 1.80. The van der Waals surface area contributed by atoms with Crippen molar-refractivity contribution in [3.8, 4) is 0 Å². The summed E-state index contributed by atoms with van der Waals surface area (Å²) in [7, 11) is 0. The highest BCUT2D eigenvalue weighted by Crippen LogP contribution is 2.53. The molecule has 0 radical (unpaired) electrons. The minimum Gasteiger partial charge on any atom is -0.296 e. The minimum atomic E-state index is -5.40. The van der Waals surface area contributed by atoms with Gasteiger partial charge in [0.1, 0.15) is 0 Å². The molecule has 0 aliphatic carbocycles. The van der Waals surface area contributed by atoms with E-state index in [1.165, 1.54) is 0 Å². The molecule has 1 heterocycles. The van der Waals surface area contributed by atoms with E-state index >= 15 is 0 Å². The Bertz CT molecular complexity index is 265. The summed E-state index contributed by atoms with van der Waals surface area (Å²) in [6.45, 7) is -2.41. The van der Waals surface area contributed by atoms with E-state index in [-0.39, 0.29) is 6.92 Å². The average molecular weight is 242 g/mol. The molecule has 90 valence electrons. The molecule has 2 unspecified atom stereocenters. The molecule has 1 fully saturated rings. The van der Waals surface area contributed by atoms with Crippen molar-refractivity contribution in [2.24, 2.45) is 0 Å². The number of hydrogen-bond donors (Lipinski definition) is 0. The van der Waals surface area contributed by atoms with E-state index in [1.54, 1.807) is 0 Å². The van der Waals surface area contributed by atoms with Gasteiger partial charge in [-0.2, -0.15) is 26.3 Å². The lowest BCUT2D eigenvalue weighted by molar-refractivity contribution is -0.370. The van der Waals surface area contributed by atoms with Gasteiger partial charge in [0.05, 0.1) is 0 Å². The topological polar surface area (TPSA) is 18.5 Å². The van der Waals surface area contributed by atoms with E-state index in [1.807, 2.05) is 0 Å². The SMILES string of the molecule is CC1(C(F)(F)F)OC(F)(F)C(F)(CF)O1. The van der Waals surface area contributed by atoms with Crippen LogP contribution in [0, 0.1) is 0 Å². The van der Waals surface area contributed by atoms with Crippen LogP contribution in [-0.2, 0) is 9.47 Å². The van der Waals surface area contributed by atoms with Gasteiger partial charge in [-0.15, -0.1) is 0 Å². The third-order valence-corrected chi connectivity index (χ3v) is 1.80. The molecule has 0 spiro atoms. The molecule has 1 rings (SSSR count). The maximum Gasteiger partial charge on any atom is 0.443 e. The van der Waals surface area contributed by atoms with E-state index in [4.69, 9.17) is 0 Å². The van der Waals surface area contributed by atoms with Crippen LogP contribution < -0.4 is 0 Å². The van der Waals surface area contributed by atoms with Crippen molar-refractivity contribution in [3.05, 3.63) is 0 Å². The Labute approximate surface area is 78.9 Å². The number of ether oxygens (including phenoxy) is 2. The van der Waals surface area contributed by atoms with Crippen LogP contribution in [0.5, 0.6) is 0 Å². The fourth-order valence-corrected chi connectivity index (χ4v) is 0.931. The molecule has 9 heteroatoms. The molecule has 0 N–H and O–H groups in total. The van der Waals surface area contributed by atoms with Crippen LogP contribution in [0.4, 0.5) is 30.7 Å². The van der Waals surface area contributed by atoms with E-state index in [9.17, 15) is 30.7 Å². The molecule has 0 amide bonds. The first-order valence-corrected chi connectivity index (χ1v) is 3.57. The number of halogens is 7. The lowest BCUT2D eigenvalue weighted by Gasteiger charge is -2.25. The highest BCUT2D eigenvalue weighted by Gasteiger charge is 2.76. The Hall–Kier alpha value is -0.570. The molecule has 0 aromatic rings. The molecule has 1 saturated heterocycles. The van der Waals surface area contributed by atoms with Crippen molar-refractivity contribution in [2.75, 3.05) is 6.67 Å². The molecular formula is C6H5F7O2. The molecule has 1 aliphatic rings. The molecule has 0 saturated carbocycles. The Kier molecular flexibility index (Phi) is 2.48. The Balaban J connectivity index is 3.07. The van der Waals surface area contributed by atoms with Crippen LogP contribution >= 0.6 is 0 Å². The highest BCUT2D eigenvalue weighted by molar-refractivity contribution is 4.92. The molecule has 2 nitrogen and oxygen atoms in total. The molecule has 1 aliphatic heterocycles. The second kappa shape index (κ2) is 2.97. The van der Waals surface area contributed by atoms with Gasteiger partial charge < -0.3 is 0 Å². The summed E-state index contributed by atoms with van der Waals surface area (Å²) in [5.41, 5.74) is 0. The zero-order valence-corrected chi connectivity index (χ0v) is 7.17. The lowest BCUT2D eigenvalue weighted by atomic mass is 10.3. The molecule has 0 bridgehead atoms. The highest BCUT2D eigenvalue weighted by atomic mass is 19.4. The Morgan fingerprint density at radius 2 is 1.53 bits per heavy atom. The zero-order valence-electron chi connectivity index (χ0n) is 7.17. The average Bonchev–Trinajstić information content (AvgIpc) is 2.18. The van der Waals surface area contributed by atoms with Crippen molar-refractivity contribution in [3.63, 3.8) is 0 Å². The van der Waals surface area contributed by atoms with Gasteiger partial charge in [-0.1, -0.05) is 0 Å². The summed E-state index contributed by atoms with van der Waals surface area (Å²) in [4.78, 5) is 0. The first-order valence-electron chi connectivity index (χ1n) is 3.57. The first-order chi connectivity index (χ1) is 6.47. The summed E-state index contributed by atoms with van der Waals surface area (Å²) in [6.07, 6.45) is -10.4. The predicted octanol–water partition coefficient (Wildman–Crippen LogP) is 2.54. The Morgan fingerprint density at radius 1 is 1.07 bits per heavy atom. The van der Waals surface area contributed by atoms with Gasteiger partial charge in [-0.05, 0) is 6.92 Å². The van der Waals surface area contributed by atoms with Crippen molar-refractivity contribution in [1.29, 1.82) is 0 Å². The zero-order chi connectivity index (χ0) is 12.1. The number of hydrogen-bond acceptors (Lipinski definition) is 2. The maximum atomic E-state index is 12.9. The van der Waals surface area contributed by atoms with Gasteiger partial charge >= 0.3 is 18.1 Å². The van der Waals surface area contributed by atoms with Gasteiger partial charge in [-0.3, -0.25) is 9.47 Å². The summed E-state index contributed by atoms with van der Waals surface area (Å²) >= 11 is 0. The van der Waals surface area contributed by atoms with Gasteiger partial charge in [0.25, 0.3) is 5.79 Å². The first kappa shape index (κ1) is 12.5. The van der Waals surface area contributed by atoms with Crippen LogP contribution in [0.2, 0.25) is 0 Å². The normalized spacial score (nSPS) is 40.8. The number of alkyl halides is 7. The van der Waals surface area contributed by atoms with E-state index in [0.29, 0.717) is 0 Å². The maximum absolute atomic E-state index is 12.9. The molecular weight excluding hydrogens is 237 g/mol. The van der Waals surface area contributed by atoms with E-state index in [0.717, 1.165) is 0 Å². The fraction of sp³-hybridized carbons (Fsp3) is 1.00. The van der Waals surface area contributed by atoms with Crippen molar-refractivity contribution < 1.29 is 40.2 Å². The summed E-state index contributed by atoms with van der Waals surface area (Å²) in [6, 6.07) is 0. The standard InChI is InChI=1S/C6H5F7O2/c1-3(5(9,10)11)14-4(8,2-7)6(12,13)15-3/h2H2,1H3. The summed E-state index contributed by atoms with van der Waals surface area (Å²) < 4.78 is 92.6. The minimum absolute atomic E-state index is 0.0396. The van der Waals surface area contributed by atoms with Crippen molar-refractivity contribution in [2.45, 2.75) is 30.9 Å². The van der Waals surface area contributed by atoms with Crippen LogP contribution in [0.1, 0.15) is 6.92 Å². The van der Waals surface area contributed by atoms with Gasteiger partial charge in [0.15, 0.2) is 6.67 Å². The third kappa shape index (κ3) is 1.67. The Morgan fingerprint density at radius 3 is 1.73 bits per heavy atom. The number of rotatable bonds is 1. The van der Waals surface area contributed by atoms with Crippen LogP contribution in [-0.4, -0.2) is 30.6 Å². The van der Waals surface area contributed by atoms with Gasteiger partial charge in [-0.25, -0.2) is 4.39 Å². The van der Waals surface area contributed by atoms with Gasteiger partial charge in [0, 0.05) is 0 Å². The molecule has 0 aromatic heterocycles.